The van der Waals surface area contributed by atoms with Gasteiger partial charge < -0.3 is 10.2 Å². The number of likely N-dealkylation sites (tertiary alicyclic amines) is 1. The van der Waals surface area contributed by atoms with E-state index in [0.29, 0.717) is 12.6 Å². The van der Waals surface area contributed by atoms with Crippen LogP contribution in [-0.2, 0) is 10.0 Å². The molecule has 1 saturated heterocycles. The van der Waals surface area contributed by atoms with Gasteiger partial charge in [0.25, 0.3) is 0 Å². The van der Waals surface area contributed by atoms with Gasteiger partial charge in [-0.15, -0.1) is 12.4 Å². The number of rotatable bonds is 5. The summed E-state index contributed by atoms with van der Waals surface area (Å²) in [6.07, 6.45) is 2.34. The first-order chi connectivity index (χ1) is 6.51. The fourth-order valence-corrected chi connectivity index (χ4v) is 2.12. The van der Waals surface area contributed by atoms with Crippen molar-refractivity contribution in [1.29, 1.82) is 0 Å². The van der Waals surface area contributed by atoms with Crippen LogP contribution in [0.2, 0.25) is 0 Å². The van der Waals surface area contributed by atoms with Crippen LogP contribution in [0, 0.1) is 0 Å². The molecular formula is C8H20ClN3O2S. The van der Waals surface area contributed by atoms with E-state index in [0.717, 1.165) is 26.1 Å². The second kappa shape index (κ2) is 6.65. The van der Waals surface area contributed by atoms with Crippen molar-refractivity contribution in [3.8, 4) is 0 Å². The smallest absolute Gasteiger partial charge is 0.208 e. The second-order valence-electron chi connectivity index (χ2n) is 3.74. The predicted octanol–water partition coefficient (Wildman–Crippen LogP) is -0.749. The monoisotopic (exact) mass is 257 g/mol. The third-order valence-corrected chi connectivity index (χ3v) is 3.20. The summed E-state index contributed by atoms with van der Waals surface area (Å²) >= 11 is 0. The van der Waals surface area contributed by atoms with E-state index in [9.17, 15) is 8.42 Å². The van der Waals surface area contributed by atoms with Gasteiger partial charge in [0.05, 0.1) is 6.26 Å². The highest BCUT2D eigenvalue weighted by Gasteiger charge is 2.20. The molecule has 5 nitrogen and oxygen atoms in total. The van der Waals surface area contributed by atoms with E-state index in [1.165, 1.54) is 6.26 Å². The first kappa shape index (κ1) is 15.1. The number of hydrogen-bond acceptors (Lipinski definition) is 4. The van der Waals surface area contributed by atoms with Crippen molar-refractivity contribution in [2.24, 2.45) is 0 Å². The van der Waals surface area contributed by atoms with E-state index in [4.69, 9.17) is 0 Å². The number of hydrogen-bond donors (Lipinski definition) is 2. The van der Waals surface area contributed by atoms with Gasteiger partial charge in [0.15, 0.2) is 0 Å². The minimum atomic E-state index is -3.03. The molecule has 1 aliphatic rings. The zero-order chi connectivity index (χ0) is 10.6. The van der Waals surface area contributed by atoms with Gasteiger partial charge in [0, 0.05) is 25.7 Å². The van der Waals surface area contributed by atoms with Crippen molar-refractivity contribution in [1.82, 2.24) is 14.9 Å². The van der Waals surface area contributed by atoms with Gasteiger partial charge in [0.2, 0.25) is 10.0 Å². The van der Waals surface area contributed by atoms with Crippen LogP contribution in [0.3, 0.4) is 0 Å². The van der Waals surface area contributed by atoms with Gasteiger partial charge in [-0.3, -0.25) is 0 Å². The van der Waals surface area contributed by atoms with E-state index < -0.39 is 10.0 Å². The molecule has 0 saturated carbocycles. The zero-order valence-electron chi connectivity index (χ0n) is 9.19. The third-order valence-electron chi connectivity index (χ3n) is 2.47. The molecule has 92 valence electrons. The Hall–Kier alpha value is 0.120. The van der Waals surface area contributed by atoms with Crippen LogP contribution in [0.25, 0.3) is 0 Å². The summed E-state index contributed by atoms with van der Waals surface area (Å²) in [5.41, 5.74) is 0. The Bertz CT molecular complexity index is 271. The topological polar surface area (TPSA) is 61.4 Å². The zero-order valence-corrected chi connectivity index (χ0v) is 10.8. The maximum atomic E-state index is 10.8. The summed E-state index contributed by atoms with van der Waals surface area (Å²) in [5.74, 6) is 0. The van der Waals surface area contributed by atoms with Gasteiger partial charge in [0.1, 0.15) is 0 Å². The first-order valence-electron chi connectivity index (χ1n) is 4.85. The molecule has 1 rings (SSSR count). The summed E-state index contributed by atoms with van der Waals surface area (Å²) in [7, 11) is -1.07. The Labute approximate surface area is 98.1 Å². The Morgan fingerprint density at radius 1 is 1.47 bits per heavy atom. The lowest BCUT2D eigenvalue weighted by atomic mass is 10.3. The number of nitrogens with one attached hydrogen (secondary N) is 2. The molecule has 1 fully saturated rings. The lowest BCUT2D eigenvalue weighted by Crippen LogP contribution is -2.35. The standard InChI is InChI=1S/C8H19N3O2S.ClH/c1-9-8-3-5-11(7-8)6-4-10-14(2,12)13;/h8-10H,3-7H2,1-2H3;1H. The van der Waals surface area contributed by atoms with E-state index in [-0.39, 0.29) is 12.4 Å². The molecule has 0 aliphatic carbocycles. The Morgan fingerprint density at radius 3 is 2.60 bits per heavy atom. The molecule has 0 aromatic rings. The highest BCUT2D eigenvalue weighted by Crippen LogP contribution is 2.07. The molecule has 1 unspecified atom stereocenters. The first-order valence-corrected chi connectivity index (χ1v) is 6.74. The van der Waals surface area contributed by atoms with Gasteiger partial charge in [-0.2, -0.15) is 0 Å². The lowest BCUT2D eigenvalue weighted by molar-refractivity contribution is 0.335. The predicted molar refractivity (Wildman–Crippen MR) is 64.0 cm³/mol. The Kier molecular flexibility index (Phi) is 6.70. The molecule has 0 bridgehead atoms. The normalized spacial score (nSPS) is 22.7. The SMILES string of the molecule is CNC1CCN(CCNS(C)(=O)=O)C1.Cl. The molecular weight excluding hydrogens is 238 g/mol. The van der Waals surface area contributed by atoms with Crippen LogP contribution in [0.4, 0.5) is 0 Å². The van der Waals surface area contributed by atoms with Crippen LogP contribution in [0.5, 0.6) is 0 Å². The third kappa shape index (κ3) is 6.32. The summed E-state index contributed by atoms with van der Waals surface area (Å²) in [6, 6.07) is 0.563. The van der Waals surface area contributed by atoms with Crippen LogP contribution >= 0.6 is 12.4 Å². The quantitative estimate of drug-likeness (QED) is 0.681. The van der Waals surface area contributed by atoms with Gasteiger partial charge >= 0.3 is 0 Å². The molecule has 0 spiro atoms. The highest BCUT2D eigenvalue weighted by molar-refractivity contribution is 7.88. The largest absolute Gasteiger partial charge is 0.316 e. The molecule has 1 aliphatic heterocycles. The van der Waals surface area contributed by atoms with Crippen LogP contribution in [-0.4, -0.2) is 58.8 Å². The lowest BCUT2D eigenvalue weighted by Gasteiger charge is -2.15. The van der Waals surface area contributed by atoms with Gasteiger partial charge in [-0.25, -0.2) is 13.1 Å². The van der Waals surface area contributed by atoms with E-state index in [1.54, 1.807) is 0 Å². The fourth-order valence-electron chi connectivity index (χ4n) is 1.66. The molecule has 1 heterocycles. The summed E-state index contributed by atoms with van der Waals surface area (Å²) in [4.78, 5) is 2.26. The molecule has 0 aromatic heterocycles. The fraction of sp³-hybridized carbons (Fsp3) is 1.00. The van der Waals surface area contributed by atoms with Crippen LogP contribution < -0.4 is 10.0 Å². The van der Waals surface area contributed by atoms with E-state index >= 15 is 0 Å². The molecule has 0 amide bonds. The number of likely N-dealkylation sites (N-methyl/N-ethyl adjacent to an activating group) is 1. The Balaban J connectivity index is 0.00000196. The van der Waals surface area contributed by atoms with Crippen molar-refractivity contribution in [2.45, 2.75) is 12.5 Å². The van der Waals surface area contributed by atoms with E-state index in [2.05, 4.69) is 14.9 Å². The molecule has 2 N–H and O–H groups in total. The molecule has 7 heteroatoms. The molecule has 0 aromatic carbocycles. The van der Waals surface area contributed by atoms with Crippen LogP contribution in [0.1, 0.15) is 6.42 Å². The van der Waals surface area contributed by atoms with Crippen LogP contribution in [0.15, 0.2) is 0 Å². The molecule has 15 heavy (non-hydrogen) atoms. The maximum absolute atomic E-state index is 10.8. The number of halogens is 1. The van der Waals surface area contributed by atoms with Gasteiger partial charge in [-0.05, 0) is 20.0 Å². The van der Waals surface area contributed by atoms with Crippen molar-refractivity contribution in [2.75, 3.05) is 39.5 Å². The summed E-state index contributed by atoms with van der Waals surface area (Å²) in [6.45, 7) is 3.37. The molecule has 1 atom stereocenters. The van der Waals surface area contributed by atoms with E-state index in [1.807, 2.05) is 7.05 Å². The summed E-state index contributed by atoms with van der Waals surface area (Å²) in [5, 5.41) is 3.22. The number of nitrogens with zero attached hydrogens (tertiary/aromatic N) is 1. The summed E-state index contributed by atoms with van der Waals surface area (Å²) < 4.78 is 24.1. The van der Waals surface area contributed by atoms with Gasteiger partial charge in [-0.1, -0.05) is 0 Å². The minimum Gasteiger partial charge on any atom is -0.316 e. The highest BCUT2D eigenvalue weighted by atomic mass is 35.5. The number of sulfonamides is 1. The Morgan fingerprint density at radius 2 is 2.13 bits per heavy atom. The second-order valence-corrected chi connectivity index (χ2v) is 5.57. The average Bonchev–Trinajstić information content (AvgIpc) is 2.50. The van der Waals surface area contributed by atoms with Crippen molar-refractivity contribution >= 4 is 22.4 Å². The molecule has 0 radical (unpaired) electrons. The van der Waals surface area contributed by atoms with Crippen molar-refractivity contribution < 1.29 is 8.42 Å². The minimum absolute atomic E-state index is 0. The van der Waals surface area contributed by atoms with Crippen molar-refractivity contribution in [3.63, 3.8) is 0 Å². The average molecular weight is 258 g/mol. The van der Waals surface area contributed by atoms with Crippen molar-refractivity contribution in [3.05, 3.63) is 0 Å². The maximum Gasteiger partial charge on any atom is 0.208 e.